The molecule has 6 aliphatic rings. The Kier molecular flexibility index (Phi) is 3.33. The van der Waals surface area contributed by atoms with E-state index in [-0.39, 0.29) is 41.4 Å². The number of rotatable bonds is 2. The highest BCUT2D eigenvalue weighted by Crippen LogP contribution is 2.84. The third kappa shape index (κ3) is 2.10. The average molecular weight is 440 g/mol. The van der Waals surface area contributed by atoms with Gasteiger partial charge in [0.05, 0.1) is 29.6 Å². The predicted octanol–water partition coefficient (Wildman–Crippen LogP) is 3.84. The van der Waals surface area contributed by atoms with Crippen LogP contribution in [-0.4, -0.2) is 35.0 Å². The zero-order valence-electron chi connectivity index (χ0n) is 18.6. The lowest BCUT2D eigenvalue weighted by molar-refractivity contribution is -0.238. The van der Waals surface area contributed by atoms with Gasteiger partial charge in [-0.15, -0.1) is 0 Å². The van der Waals surface area contributed by atoms with E-state index < -0.39 is 22.4 Å². The summed E-state index contributed by atoms with van der Waals surface area (Å²) in [6.07, 6.45) is 10.4. The molecular formula is C25H28O7. The highest BCUT2D eigenvalue weighted by molar-refractivity contribution is 5.87. The van der Waals surface area contributed by atoms with E-state index in [1.807, 2.05) is 32.9 Å². The molecule has 0 radical (unpaired) electrons. The minimum Gasteiger partial charge on any atom is -0.472 e. The van der Waals surface area contributed by atoms with Crippen molar-refractivity contribution in [2.75, 3.05) is 0 Å². The lowest BCUT2D eigenvalue weighted by atomic mass is 9.68. The molecule has 7 heteroatoms. The SMILES string of the molecule is CC1(C)OC2(CC1C1(C)C=CC(=O)O1)CC1C(CCC34CC13C(=O)OC4c1ccoc1)O2. The van der Waals surface area contributed by atoms with Crippen molar-refractivity contribution in [3.05, 3.63) is 36.3 Å². The van der Waals surface area contributed by atoms with Crippen LogP contribution >= 0.6 is 0 Å². The van der Waals surface area contributed by atoms with Crippen LogP contribution in [0.25, 0.3) is 0 Å². The number of cyclic esters (lactones) is 2. The van der Waals surface area contributed by atoms with Crippen molar-refractivity contribution in [2.24, 2.45) is 22.7 Å². The number of carbonyl (C=O) groups is 2. The van der Waals surface area contributed by atoms with Crippen LogP contribution in [0.1, 0.15) is 64.5 Å². The second-order valence-corrected chi connectivity index (χ2v) is 11.5. The molecule has 8 unspecified atom stereocenters. The Balaban J connectivity index is 1.20. The summed E-state index contributed by atoms with van der Waals surface area (Å²) in [6, 6.07) is 1.91. The predicted molar refractivity (Wildman–Crippen MR) is 109 cm³/mol. The molecule has 1 spiro atoms. The Hall–Kier alpha value is -2.12. The van der Waals surface area contributed by atoms with E-state index in [1.165, 1.54) is 6.08 Å². The average Bonchev–Trinajstić information content (AvgIpc) is 3.24. The van der Waals surface area contributed by atoms with Crippen LogP contribution in [0.2, 0.25) is 0 Å². The Morgan fingerprint density at radius 1 is 1.12 bits per heavy atom. The van der Waals surface area contributed by atoms with Gasteiger partial charge in [0.15, 0.2) is 5.79 Å². The van der Waals surface area contributed by atoms with Gasteiger partial charge in [0.1, 0.15) is 11.7 Å². The fraction of sp³-hybridized carbons (Fsp3) is 0.680. The van der Waals surface area contributed by atoms with Crippen molar-refractivity contribution in [2.45, 2.75) is 82.1 Å². The third-order valence-corrected chi connectivity index (χ3v) is 9.51. The molecule has 3 saturated heterocycles. The van der Waals surface area contributed by atoms with Gasteiger partial charge in [-0.05, 0) is 52.2 Å². The summed E-state index contributed by atoms with van der Waals surface area (Å²) in [5.41, 5.74) is -0.957. The van der Waals surface area contributed by atoms with Crippen molar-refractivity contribution in [1.29, 1.82) is 0 Å². The van der Waals surface area contributed by atoms with Gasteiger partial charge in [-0.3, -0.25) is 4.79 Å². The molecule has 0 aromatic carbocycles. The summed E-state index contributed by atoms with van der Waals surface area (Å²) in [4.78, 5) is 25.1. The molecule has 1 aromatic heterocycles. The molecule has 4 aliphatic heterocycles. The van der Waals surface area contributed by atoms with Crippen LogP contribution < -0.4 is 0 Å². The monoisotopic (exact) mass is 440 g/mol. The normalized spacial score (nSPS) is 52.0. The number of ether oxygens (including phenoxy) is 4. The van der Waals surface area contributed by atoms with Crippen LogP contribution in [0, 0.1) is 22.7 Å². The number of furan rings is 1. The van der Waals surface area contributed by atoms with Crippen LogP contribution in [0.5, 0.6) is 0 Å². The zero-order chi connectivity index (χ0) is 22.1. The fourth-order valence-corrected chi connectivity index (χ4v) is 8.25. The van der Waals surface area contributed by atoms with Crippen molar-refractivity contribution >= 4 is 11.9 Å². The molecule has 1 aromatic rings. The van der Waals surface area contributed by atoms with Crippen molar-refractivity contribution in [3.8, 4) is 0 Å². The van der Waals surface area contributed by atoms with Gasteiger partial charge in [-0.1, -0.05) is 0 Å². The first-order valence-electron chi connectivity index (χ1n) is 11.7. The summed E-state index contributed by atoms with van der Waals surface area (Å²) in [7, 11) is 0. The number of fused-ring (bicyclic) bond motifs is 1. The highest BCUT2D eigenvalue weighted by Gasteiger charge is 2.87. The smallest absolute Gasteiger partial charge is 0.331 e. The molecule has 170 valence electrons. The Morgan fingerprint density at radius 2 is 1.97 bits per heavy atom. The number of hydrogen-bond donors (Lipinski definition) is 0. The van der Waals surface area contributed by atoms with E-state index >= 15 is 0 Å². The number of esters is 2. The maximum atomic E-state index is 13.3. The first kappa shape index (κ1) is 19.4. The molecule has 5 heterocycles. The molecule has 7 nitrogen and oxygen atoms in total. The van der Waals surface area contributed by atoms with Gasteiger partial charge < -0.3 is 23.4 Å². The van der Waals surface area contributed by atoms with E-state index in [9.17, 15) is 9.59 Å². The maximum absolute atomic E-state index is 13.3. The van der Waals surface area contributed by atoms with Crippen LogP contribution in [-0.2, 0) is 28.5 Å². The largest absolute Gasteiger partial charge is 0.472 e. The molecule has 0 bridgehead atoms. The van der Waals surface area contributed by atoms with Gasteiger partial charge in [-0.25, -0.2) is 4.79 Å². The highest BCUT2D eigenvalue weighted by atomic mass is 16.7. The van der Waals surface area contributed by atoms with Gasteiger partial charge in [0.2, 0.25) is 0 Å². The van der Waals surface area contributed by atoms with E-state index in [0.29, 0.717) is 12.8 Å². The first-order chi connectivity index (χ1) is 15.1. The Morgan fingerprint density at radius 3 is 2.69 bits per heavy atom. The van der Waals surface area contributed by atoms with Crippen molar-refractivity contribution in [1.82, 2.24) is 0 Å². The Labute approximate surface area is 186 Å². The number of carbonyl (C=O) groups excluding carboxylic acids is 2. The van der Waals surface area contributed by atoms with Crippen molar-refractivity contribution in [3.63, 3.8) is 0 Å². The lowest BCUT2D eigenvalue weighted by Gasteiger charge is -2.36. The van der Waals surface area contributed by atoms with Crippen LogP contribution in [0.4, 0.5) is 0 Å². The van der Waals surface area contributed by atoms with Crippen LogP contribution in [0.15, 0.2) is 35.2 Å². The molecule has 0 N–H and O–H groups in total. The fourth-order valence-electron chi connectivity index (χ4n) is 8.25. The zero-order valence-corrected chi connectivity index (χ0v) is 18.6. The molecule has 2 saturated carbocycles. The molecule has 7 rings (SSSR count). The molecule has 5 fully saturated rings. The van der Waals surface area contributed by atoms with Gasteiger partial charge >= 0.3 is 11.9 Å². The second-order valence-electron chi connectivity index (χ2n) is 11.5. The molecule has 0 amide bonds. The summed E-state index contributed by atoms with van der Waals surface area (Å²) < 4.78 is 30.3. The maximum Gasteiger partial charge on any atom is 0.331 e. The summed E-state index contributed by atoms with van der Waals surface area (Å²) in [5.74, 6) is -1.15. The minimum absolute atomic E-state index is 0.0229. The molecule has 2 aliphatic carbocycles. The van der Waals surface area contributed by atoms with E-state index in [2.05, 4.69) is 0 Å². The van der Waals surface area contributed by atoms with Crippen LogP contribution in [0.3, 0.4) is 0 Å². The number of hydrogen-bond acceptors (Lipinski definition) is 7. The van der Waals surface area contributed by atoms with Gasteiger partial charge in [-0.2, -0.15) is 0 Å². The van der Waals surface area contributed by atoms with Gasteiger partial charge in [0, 0.05) is 41.7 Å². The second kappa shape index (κ2) is 5.50. The molecule has 32 heavy (non-hydrogen) atoms. The lowest BCUT2D eigenvalue weighted by Crippen LogP contribution is -2.44. The topological polar surface area (TPSA) is 84.2 Å². The summed E-state index contributed by atoms with van der Waals surface area (Å²) in [5, 5.41) is 0. The van der Waals surface area contributed by atoms with E-state index in [4.69, 9.17) is 23.4 Å². The summed E-state index contributed by atoms with van der Waals surface area (Å²) in [6.45, 7) is 6.03. The Bertz CT molecular complexity index is 1060. The molecular weight excluding hydrogens is 412 g/mol. The molecule has 8 atom stereocenters. The third-order valence-electron chi connectivity index (χ3n) is 9.51. The van der Waals surface area contributed by atoms with Crippen molar-refractivity contribution < 1.29 is 33.0 Å². The minimum atomic E-state index is -0.767. The van der Waals surface area contributed by atoms with E-state index in [1.54, 1.807) is 12.5 Å². The van der Waals surface area contributed by atoms with E-state index in [0.717, 1.165) is 24.8 Å². The standard InChI is InChI=1S/C25H28O7/c1-21(2)17(22(3)7-5-18(26)31-22)11-24(32-21)10-15-16(30-24)4-8-23-13-25(15,23)20(27)29-19(23)14-6-9-28-12-14/h5-7,9,12,15-17,19H,4,8,10-11,13H2,1-3H3. The van der Waals surface area contributed by atoms with Gasteiger partial charge in [0.25, 0.3) is 0 Å². The quantitative estimate of drug-likeness (QED) is 0.646. The first-order valence-corrected chi connectivity index (χ1v) is 11.7. The summed E-state index contributed by atoms with van der Waals surface area (Å²) >= 11 is 0.